The molecule has 1 saturated carbocycles. The third kappa shape index (κ3) is 3.01. The number of amides is 1. The van der Waals surface area contributed by atoms with Gasteiger partial charge in [-0.25, -0.2) is 0 Å². The van der Waals surface area contributed by atoms with Gasteiger partial charge in [-0.2, -0.15) is 9.61 Å². The van der Waals surface area contributed by atoms with Crippen molar-refractivity contribution in [1.82, 2.24) is 19.5 Å². The van der Waals surface area contributed by atoms with E-state index in [1.165, 1.54) is 10.9 Å². The second-order valence-corrected chi connectivity index (χ2v) is 7.79. The Kier molecular flexibility index (Phi) is 4.38. The van der Waals surface area contributed by atoms with Crippen LogP contribution in [0.15, 0.2) is 35.1 Å². The minimum atomic E-state index is -0.211. The Morgan fingerprint density at radius 2 is 1.90 bits per heavy atom. The summed E-state index contributed by atoms with van der Waals surface area (Å²) in [7, 11) is 0. The van der Waals surface area contributed by atoms with Crippen molar-refractivity contribution in [2.24, 2.45) is 0 Å². The van der Waals surface area contributed by atoms with Crippen LogP contribution in [0, 0.1) is 0 Å². The summed E-state index contributed by atoms with van der Waals surface area (Å²) >= 11 is 0. The van der Waals surface area contributed by atoms with Gasteiger partial charge in [-0.3, -0.25) is 9.59 Å². The molecule has 0 spiro atoms. The number of rotatable bonds is 4. The minimum Gasteiger partial charge on any atom is -0.494 e. The average molecular weight is 392 g/mol. The molecule has 1 fully saturated rings. The number of benzene rings is 1. The molecule has 1 aliphatic heterocycles. The molecule has 2 aliphatic rings. The van der Waals surface area contributed by atoms with E-state index in [2.05, 4.69) is 10.1 Å². The van der Waals surface area contributed by atoms with Crippen molar-refractivity contribution in [3.05, 3.63) is 51.9 Å². The highest BCUT2D eigenvalue weighted by molar-refractivity contribution is 5.97. The fraction of sp³-hybridized carbons (Fsp3) is 0.409. The predicted octanol–water partition coefficient (Wildman–Crippen LogP) is 3.38. The van der Waals surface area contributed by atoms with Crippen LogP contribution in [0.25, 0.3) is 16.9 Å². The standard InChI is InChI=1S/C22H24N4O3/c1-2-29-16-10-8-14(9-11-16)18-12-19-23-20-17(21(27)26(19)24-18)13-25(22(20)28)15-6-4-3-5-7-15/h8-12,15,23H,2-7,13H2,1H3. The van der Waals surface area contributed by atoms with Gasteiger partial charge in [0.25, 0.3) is 11.5 Å². The average Bonchev–Trinajstić information content (AvgIpc) is 3.32. The number of carbonyl (C=O) groups is 1. The van der Waals surface area contributed by atoms with E-state index in [0.29, 0.717) is 35.8 Å². The molecule has 2 aromatic heterocycles. The van der Waals surface area contributed by atoms with Crippen LogP contribution >= 0.6 is 0 Å². The van der Waals surface area contributed by atoms with Gasteiger partial charge in [0.05, 0.1) is 24.4 Å². The van der Waals surface area contributed by atoms with Crippen molar-refractivity contribution in [1.29, 1.82) is 0 Å². The fourth-order valence-corrected chi connectivity index (χ4v) is 4.50. The van der Waals surface area contributed by atoms with Crippen LogP contribution in [0.2, 0.25) is 0 Å². The van der Waals surface area contributed by atoms with Crippen LogP contribution in [0.5, 0.6) is 5.75 Å². The second-order valence-electron chi connectivity index (χ2n) is 7.79. The maximum atomic E-state index is 13.1. The summed E-state index contributed by atoms with van der Waals surface area (Å²) in [6, 6.07) is 9.66. The smallest absolute Gasteiger partial charge is 0.280 e. The van der Waals surface area contributed by atoms with Gasteiger partial charge < -0.3 is 14.6 Å². The van der Waals surface area contributed by atoms with Gasteiger partial charge in [-0.05, 0) is 44.0 Å². The van der Waals surface area contributed by atoms with Crippen LogP contribution in [0.3, 0.4) is 0 Å². The molecule has 7 nitrogen and oxygen atoms in total. The van der Waals surface area contributed by atoms with E-state index in [0.717, 1.165) is 37.0 Å². The molecule has 0 radical (unpaired) electrons. The summed E-state index contributed by atoms with van der Waals surface area (Å²) in [5.41, 5.74) is 2.84. The molecule has 1 aromatic carbocycles. The topological polar surface area (TPSA) is 79.7 Å². The van der Waals surface area contributed by atoms with Gasteiger partial charge in [-0.1, -0.05) is 19.3 Å². The van der Waals surface area contributed by atoms with Gasteiger partial charge >= 0.3 is 0 Å². The first kappa shape index (κ1) is 18.0. The highest BCUT2D eigenvalue weighted by Gasteiger charge is 2.36. The largest absolute Gasteiger partial charge is 0.494 e. The number of aromatic amines is 1. The zero-order valence-corrected chi connectivity index (χ0v) is 16.5. The Morgan fingerprint density at radius 1 is 1.14 bits per heavy atom. The molecule has 150 valence electrons. The molecule has 29 heavy (non-hydrogen) atoms. The zero-order valence-electron chi connectivity index (χ0n) is 16.5. The number of fused-ring (bicyclic) bond motifs is 2. The number of H-pyrrole nitrogens is 1. The third-order valence-electron chi connectivity index (χ3n) is 5.99. The Balaban J connectivity index is 1.50. The van der Waals surface area contributed by atoms with Crippen LogP contribution < -0.4 is 10.3 Å². The van der Waals surface area contributed by atoms with Crippen molar-refractivity contribution >= 4 is 11.6 Å². The van der Waals surface area contributed by atoms with Gasteiger partial charge in [0, 0.05) is 17.7 Å². The maximum Gasteiger partial charge on any atom is 0.280 e. The van der Waals surface area contributed by atoms with E-state index < -0.39 is 0 Å². The molecule has 1 amide bonds. The molecule has 0 saturated heterocycles. The van der Waals surface area contributed by atoms with E-state index in [1.54, 1.807) is 0 Å². The van der Waals surface area contributed by atoms with Crippen molar-refractivity contribution in [2.75, 3.05) is 6.61 Å². The summed E-state index contributed by atoms with van der Waals surface area (Å²) in [6.07, 6.45) is 5.56. The molecule has 1 aliphatic carbocycles. The lowest BCUT2D eigenvalue weighted by atomic mass is 9.94. The molecule has 3 aromatic rings. The molecule has 5 rings (SSSR count). The molecule has 0 atom stereocenters. The molecule has 0 unspecified atom stereocenters. The Morgan fingerprint density at radius 3 is 2.62 bits per heavy atom. The summed E-state index contributed by atoms with van der Waals surface area (Å²) in [5, 5.41) is 4.50. The van der Waals surface area contributed by atoms with Gasteiger partial charge in [0.2, 0.25) is 0 Å². The minimum absolute atomic E-state index is 0.0599. The monoisotopic (exact) mass is 392 g/mol. The predicted molar refractivity (Wildman–Crippen MR) is 109 cm³/mol. The lowest BCUT2D eigenvalue weighted by Crippen LogP contribution is -2.37. The van der Waals surface area contributed by atoms with Crippen molar-refractivity contribution in [3.63, 3.8) is 0 Å². The summed E-state index contributed by atoms with van der Waals surface area (Å²) in [4.78, 5) is 31.1. The van der Waals surface area contributed by atoms with E-state index >= 15 is 0 Å². The normalized spacial score (nSPS) is 17.1. The van der Waals surface area contributed by atoms with Gasteiger partial charge in [0.15, 0.2) is 0 Å². The summed E-state index contributed by atoms with van der Waals surface area (Å²) in [6.45, 7) is 2.93. The lowest BCUT2D eigenvalue weighted by molar-refractivity contribution is 0.0656. The Bertz CT molecular complexity index is 1120. The van der Waals surface area contributed by atoms with Crippen LogP contribution in [0.1, 0.15) is 55.1 Å². The van der Waals surface area contributed by atoms with Gasteiger partial charge in [0.1, 0.15) is 17.1 Å². The van der Waals surface area contributed by atoms with E-state index in [9.17, 15) is 9.59 Å². The molecular weight excluding hydrogens is 368 g/mol. The highest BCUT2D eigenvalue weighted by Crippen LogP contribution is 2.29. The number of aromatic nitrogens is 3. The highest BCUT2D eigenvalue weighted by atomic mass is 16.5. The number of carbonyl (C=O) groups excluding carboxylic acids is 1. The Hall–Kier alpha value is -3.09. The first-order valence-electron chi connectivity index (χ1n) is 10.3. The first-order chi connectivity index (χ1) is 14.2. The SMILES string of the molecule is CCOc1ccc(-c2cc3[nH]c4c(c(=O)n3n2)CN(C2CCCCC2)C4=O)cc1. The lowest BCUT2D eigenvalue weighted by Gasteiger charge is -2.30. The Labute approximate surface area is 168 Å². The van der Waals surface area contributed by atoms with Crippen molar-refractivity contribution < 1.29 is 9.53 Å². The maximum absolute atomic E-state index is 13.1. The van der Waals surface area contributed by atoms with E-state index in [1.807, 2.05) is 42.2 Å². The van der Waals surface area contributed by atoms with Crippen LogP contribution in [0.4, 0.5) is 0 Å². The van der Waals surface area contributed by atoms with E-state index in [4.69, 9.17) is 4.74 Å². The first-order valence-corrected chi connectivity index (χ1v) is 10.3. The number of hydrogen-bond acceptors (Lipinski definition) is 4. The molecule has 3 heterocycles. The second kappa shape index (κ2) is 7.06. The molecule has 7 heteroatoms. The third-order valence-corrected chi connectivity index (χ3v) is 5.99. The summed E-state index contributed by atoms with van der Waals surface area (Å²) < 4.78 is 6.85. The zero-order chi connectivity index (χ0) is 20.0. The number of nitrogens with one attached hydrogen (secondary N) is 1. The van der Waals surface area contributed by atoms with Crippen molar-refractivity contribution in [3.8, 4) is 17.0 Å². The van der Waals surface area contributed by atoms with E-state index in [-0.39, 0.29) is 17.5 Å². The number of hydrogen-bond donors (Lipinski definition) is 1. The van der Waals surface area contributed by atoms with Gasteiger partial charge in [-0.15, -0.1) is 0 Å². The fourth-order valence-electron chi connectivity index (χ4n) is 4.50. The summed E-state index contributed by atoms with van der Waals surface area (Å²) in [5.74, 6) is 0.735. The molecule has 0 bridgehead atoms. The number of nitrogens with zero attached hydrogens (tertiary/aromatic N) is 3. The molecular formula is C22H24N4O3. The van der Waals surface area contributed by atoms with Crippen molar-refractivity contribution in [2.45, 2.75) is 51.6 Å². The quantitative estimate of drug-likeness (QED) is 0.738. The number of ether oxygens (including phenoxy) is 1. The van der Waals surface area contributed by atoms with Crippen LogP contribution in [-0.4, -0.2) is 38.1 Å². The van der Waals surface area contributed by atoms with Crippen LogP contribution in [-0.2, 0) is 6.54 Å². The molecule has 1 N–H and O–H groups in total.